The summed E-state index contributed by atoms with van der Waals surface area (Å²) in [7, 11) is 0. The maximum Gasteiger partial charge on any atom is 0.247 e. The average Bonchev–Trinajstić information content (AvgIpc) is 3.98. The molecule has 22 nitrogen and oxygen atoms in total. The predicted molar refractivity (Wildman–Crippen MR) is 234 cm³/mol. The highest BCUT2D eigenvalue weighted by atomic mass is 16.5. The fraction of sp³-hybridized carbons (Fsp3) is 0.595. The van der Waals surface area contributed by atoms with Crippen molar-refractivity contribution in [1.29, 1.82) is 0 Å². The average molecular weight is 889 g/mol. The summed E-state index contributed by atoms with van der Waals surface area (Å²) in [5, 5.41) is 48.7. The molecule has 0 spiro atoms. The number of aromatic nitrogens is 9. The number of nitrogens with zero attached hydrogens (tertiary/aromatic N) is 13. The van der Waals surface area contributed by atoms with Gasteiger partial charge in [0.1, 0.15) is 24.4 Å². The number of aliphatic hydroxyl groups is 2. The molecule has 2 aliphatic heterocycles. The second-order valence-electron chi connectivity index (χ2n) is 15.7. The van der Waals surface area contributed by atoms with Crippen molar-refractivity contribution in [3.05, 3.63) is 53.6 Å². The number of amides is 2. The second kappa shape index (κ2) is 24.2. The van der Waals surface area contributed by atoms with Crippen LogP contribution in [0.1, 0.15) is 42.9 Å². The van der Waals surface area contributed by atoms with Gasteiger partial charge in [0.2, 0.25) is 29.7 Å². The Bertz CT molecular complexity index is 2100. The van der Waals surface area contributed by atoms with Crippen LogP contribution in [0, 0.1) is 18.3 Å². The molecule has 0 radical (unpaired) electrons. The topological polar surface area (TPSA) is 248 Å². The van der Waals surface area contributed by atoms with E-state index in [9.17, 15) is 24.9 Å². The molecule has 5 heterocycles. The van der Waals surface area contributed by atoms with Gasteiger partial charge < -0.3 is 54.4 Å². The second-order valence-corrected chi connectivity index (χ2v) is 15.7. The zero-order valence-corrected chi connectivity index (χ0v) is 36.6. The highest BCUT2D eigenvalue weighted by molar-refractivity contribution is 5.81. The van der Waals surface area contributed by atoms with E-state index in [0.717, 1.165) is 5.56 Å². The van der Waals surface area contributed by atoms with Crippen LogP contribution in [0.3, 0.4) is 0 Å². The third kappa shape index (κ3) is 13.3. The van der Waals surface area contributed by atoms with Crippen molar-refractivity contribution in [3.8, 4) is 18.1 Å². The number of carbonyl (C=O) groups excluding carboxylic acids is 2. The van der Waals surface area contributed by atoms with Crippen LogP contribution in [0.2, 0.25) is 0 Å². The Morgan fingerprint density at radius 3 is 1.83 bits per heavy atom. The minimum atomic E-state index is -0.696. The van der Waals surface area contributed by atoms with Gasteiger partial charge in [-0.25, -0.2) is 9.36 Å². The molecule has 4 N–H and O–H groups in total. The van der Waals surface area contributed by atoms with Gasteiger partial charge in [0.15, 0.2) is 0 Å². The summed E-state index contributed by atoms with van der Waals surface area (Å²) in [5.74, 6) is 3.61. The number of ether oxygens (including phenoxy) is 3. The molecule has 3 aromatic heterocycles. The van der Waals surface area contributed by atoms with E-state index in [2.05, 4.69) is 31.9 Å². The molecule has 0 saturated carbocycles. The minimum Gasteiger partial charge on any atom is -0.508 e. The largest absolute Gasteiger partial charge is 0.508 e. The number of aromatic hydroxyl groups is 1. The Morgan fingerprint density at radius 2 is 1.27 bits per heavy atom. The molecule has 0 aliphatic carbocycles. The Balaban J connectivity index is 1.11. The first-order valence-corrected chi connectivity index (χ1v) is 21.7. The first kappa shape index (κ1) is 47.5. The monoisotopic (exact) mass is 888 g/mol. The van der Waals surface area contributed by atoms with E-state index in [1.807, 2.05) is 28.5 Å². The molecule has 2 fully saturated rings. The summed E-state index contributed by atoms with van der Waals surface area (Å²) < 4.78 is 19.6. The van der Waals surface area contributed by atoms with Crippen LogP contribution in [-0.2, 0) is 43.1 Å². The van der Waals surface area contributed by atoms with Gasteiger partial charge in [-0.05, 0) is 23.6 Å². The standard InChI is InChI=1S/C42H60N14O8/c1-4-22-62-24-26-64-27-25-63-23-11-43-40-44-41(46-42(45-40)54-18-14-52(15-19-54)39(61)37(31(2)3)56-30-34(10-21-58)48-50-56)53-16-12-51(13-17-53)38(60)36(28-32-5-7-35(59)8-6-32)55-29-33(9-20-57)47-49-55/h1,5-8,29-31,36-37,57-59H,9-28H2,2-3H3,(H,43,44,45,46)/t36-,37-/m0/s1. The summed E-state index contributed by atoms with van der Waals surface area (Å²) in [6.45, 7) is 10.0. The van der Waals surface area contributed by atoms with E-state index < -0.39 is 12.1 Å². The van der Waals surface area contributed by atoms with E-state index in [4.69, 9.17) is 35.6 Å². The lowest BCUT2D eigenvalue weighted by Crippen LogP contribution is -2.52. The first-order chi connectivity index (χ1) is 31.2. The number of phenolic OH excluding ortho intramolecular Hbond substituents is 1. The van der Waals surface area contributed by atoms with Gasteiger partial charge in [-0.1, -0.05) is 42.3 Å². The summed E-state index contributed by atoms with van der Waals surface area (Å²) >= 11 is 0. The number of nitrogens with one attached hydrogen (secondary N) is 1. The number of anilines is 3. The first-order valence-electron chi connectivity index (χ1n) is 21.7. The normalized spacial score (nSPS) is 15.4. The zero-order valence-electron chi connectivity index (χ0n) is 36.6. The summed E-state index contributed by atoms with van der Waals surface area (Å²) in [5.41, 5.74) is 2.06. The molecule has 0 unspecified atom stereocenters. The maximum atomic E-state index is 14.2. The van der Waals surface area contributed by atoms with Crippen molar-refractivity contribution in [1.82, 2.24) is 54.7 Å². The van der Waals surface area contributed by atoms with Crippen LogP contribution in [-0.4, -0.2) is 194 Å². The highest BCUT2D eigenvalue weighted by Gasteiger charge is 2.34. The third-order valence-corrected chi connectivity index (χ3v) is 10.8. The van der Waals surface area contributed by atoms with Crippen molar-refractivity contribution in [2.24, 2.45) is 5.92 Å². The maximum absolute atomic E-state index is 14.2. The number of terminal acetylenes is 1. The zero-order chi connectivity index (χ0) is 45.3. The highest BCUT2D eigenvalue weighted by Crippen LogP contribution is 2.25. The number of hydrogen-bond acceptors (Lipinski definition) is 18. The van der Waals surface area contributed by atoms with Crippen LogP contribution >= 0.6 is 0 Å². The van der Waals surface area contributed by atoms with Crippen LogP contribution in [0.15, 0.2) is 36.7 Å². The van der Waals surface area contributed by atoms with Crippen molar-refractivity contribution in [3.63, 3.8) is 0 Å². The Labute approximate surface area is 372 Å². The van der Waals surface area contributed by atoms with Gasteiger partial charge in [0.05, 0.1) is 44.4 Å². The van der Waals surface area contributed by atoms with E-state index in [0.29, 0.717) is 140 Å². The third-order valence-electron chi connectivity index (χ3n) is 10.8. The Kier molecular flexibility index (Phi) is 17.9. The van der Waals surface area contributed by atoms with Crippen LogP contribution in [0.4, 0.5) is 17.8 Å². The van der Waals surface area contributed by atoms with Crippen LogP contribution in [0.5, 0.6) is 5.75 Å². The van der Waals surface area contributed by atoms with Gasteiger partial charge in [0, 0.05) is 104 Å². The van der Waals surface area contributed by atoms with Crippen molar-refractivity contribution >= 4 is 29.7 Å². The summed E-state index contributed by atoms with van der Waals surface area (Å²) in [6.07, 6.45) is 9.63. The molecular formula is C42H60N14O8. The molecular weight excluding hydrogens is 829 g/mol. The molecule has 4 aromatic rings. The number of phenols is 1. The van der Waals surface area contributed by atoms with Crippen molar-refractivity contribution in [2.45, 2.75) is 45.2 Å². The summed E-state index contributed by atoms with van der Waals surface area (Å²) in [4.78, 5) is 50.4. The van der Waals surface area contributed by atoms with Crippen LogP contribution < -0.4 is 15.1 Å². The number of carbonyl (C=O) groups is 2. The lowest BCUT2D eigenvalue weighted by Gasteiger charge is -2.38. The Hall–Kier alpha value is -5.99. The van der Waals surface area contributed by atoms with Gasteiger partial charge >= 0.3 is 0 Å². The molecule has 0 bridgehead atoms. The van der Waals surface area contributed by atoms with E-state index in [1.54, 1.807) is 50.9 Å². The van der Waals surface area contributed by atoms with Gasteiger partial charge in [-0.3, -0.25) is 9.59 Å². The number of aliphatic hydroxyl groups excluding tert-OH is 2. The molecule has 6 rings (SSSR count). The smallest absolute Gasteiger partial charge is 0.247 e. The molecule has 2 amide bonds. The predicted octanol–water partition coefficient (Wildman–Crippen LogP) is -0.397. The lowest BCUT2D eigenvalue weighted by atomic mass is 10.0. The molecule has 2 aliphatic rings. The van der Waals surface area contributed by atoms with Crippen molar-refractivity contribution in [2.75, 3.05) is 127 Å². The van der Waals surface area contributed by atoms with Gasteiger partial charge in [-0.15, -0.1) is 16.6 Å². The van der Waals surface area contributed by atoms with Crippen molar-refractivity contribution < 1.29 is 39.1 Å². The lowest BCUT2D eigenvalue weighted by molar-refractivity contribution is -0.137. The minimum absolute atomic E-state index is 0.0440. The Morgan fingerprint density at radius 1 is 0.734 bits per heavy atom. The van der Waals surface area contributed by atoms with Gasteiger partial charge in [0.25, 0.3) is 0 Å². The molecule has 64 heavy (non-hydrogen) atoms. The number of rotatable bonds is 24. The van der Waals surface area contributed by atoms with Gasteiger partial charge in [-0.2, -0.15) is 15.0 Å². The fourth-order valence-electron chi connectivity index (χ4n) is 7.40. The van der Waals surface area contributed by atoms with E-state index in [-0.39, 0.29) is 43.3 Å². The molecule has 2 saturated heterocycles. The number of benzene rings is 1. The van der Waals surface area contributed by atoms with Crippen LogP contribution in [0.25, 0.3) is 0 Å². The number of piperazine rings is 2. The number of hydrogen-bond donors (Lipinski definition) is 4. The molecule has 2 atom stereocenters. The quantitative estimate of drug-likeness (QED) is 0.0517. The summed E-state index contributed by atoms with van der Waals surface area (Å²) in [6, 6.07) is 5.49. The molecule has 346 valence electrons. The SMILES string of the molecule is C#CCOCCOCCOCCNc1nc(N2CCN(C(=O)[C@H](C(C)C)n3cc(CCO)nn3)CC2)nc(N2CCN(C(=O)[C@H](Cc3ccc(O)cc3)n3cc(CCO)nn3)CC2)n1. The van der Waals surface area contributed by atoms with E-state index >= 15 is 0 Å². The van der Waals surface area contributed by atoms with E-state index in [1.165, 1.54) is 0 Å². The molecule has 1 aromatic carbocycles. The molecule has 22 heteroatoms. The fourth-order valence-corrected chi connectivity index (χ4v) is 7.40.